The lowest BCUT2D eigenvalue weighted by Crippen LogP contribution is -2.38. The number of carboxylic acids is 1. The Labute approximate surface area is 226 Å². The van der Waals surface area contributed by atoms with Crippen molar-refractivity contribution in [3.8, 4) is 22.6 Å². The van der Waals surface area contributed by atoms with Gasteiger partial charge in [0, 0.05) is 17.5 Å². The number of aryl methyl sites for hydroxylation is 1. The van der Waals surface area contributed by atoms with Crippen LogP contribution in [0.25, 0.3) is 11.1 Å². The molecular weight excluding hydrogens is 521 g/mol. The number of carbonyl (C=O) groups is 1. The van der Waals surface area contributed by atoms with Crippen molar-refractivity contribution < 1.29 is 27.8 Å². The second-order valence-electron chi connectivity index (χ2n) is 10.2. The first-order chi connectivity index (χ1) is 18.1. The summed E-state index contributed by atoms with van der Waals surface area (Å²) in [6.07, 6.45) is 5.17. The molecule has 1 fully saturated rings. The highest BCUT2D eigenvalue weighted by Gasteiger charge is 2.47. The van der Waals surface area contributed by atoms with E-state index in [0.29, 0.717) is 17.9 Å². The topological polar surface area (TPSA) is 93.1 Å². The van der Waals surface area contributed by atoms with E-state index in [0.717, 1.165) is 65.5 Å². The van der Waals surface area contributed by atoms with Crippen molar-refractivity contribution >= 4 is 36.2 Å². The van der Waals surface area contributed by atoms with Gasteiger partial charge in [-0.3, -0.25) is 4.31 Å². The maximum absolute atomic E-state index is 14.0. The minimum absolute atomic E-state index is 0.165. The van der Waals surface area contributed by atoms with Gasteiger partial charge in [-0.2, -0.15) is 0 Å². The molecule has 200 valence electrons. The summed E-state index contributed by atoms with van der Waals surface area (Å²) < 4.78 is 40.5. The molecule has 1 atom stereocenters. The van der Waals surface area contributed by atoms with Crippen LogP contribution in [0.2, 0.25) is 0 Å². The Morgan fingerprint density at radius 1 is 1.03 bits per heavy atom. The minimum Gasteiger partial charge on any atom is -0.496 e. The Morgan fingerprint density at radius 3 is 2.45 bits per heavy atom. The third-order valence-electron chi connectivity index (χ3n) is 7.71. The molecule has 1 unspecified atom stereocenters. The molecular formula is C29H32NO6PS. The molecule has 9 heteroatoms. The number of nitrogens with zero attached hydrogens (tertiary/aromatic N) is 1. The van der Waals surface area contributed by atoms with Gasteiger partial charge in [-0.1, -0.05) is 31.4 Å². The van der Waals surface area contributed by atoms with Crippen LogP contribution in [0.3, 0.4) is 0 Å². The van der Waals surface area contributed by atoms with Crippen molar-refractivity contribution in [3.05, 3.63) is 65.7 Å². The Kier molecular flexibility index (Phi) is 7.14. The van der Waals surface area contributed by atoms with Gasteiger partial charge in [0.1, 0.15) is 11.5 Å². The van der Waals surface area contributed by atoms with Crippen LogP contribution in [-0.2, 0) is 20.2 Å². The molecule has 3 aromatic carbocycles. The average molecular weight is 554 g/mol. The summed E-state index contributed by atoms with van der Waals surface area (Å²) in [7, 11) is 0.519. The van der Waals surface area contributed by atoms with Crippen molar-refractivity contribution in [3.63, 3.8) is 0 Å². The van der Waals surface area contributed by atoms with E-state index in [1.807, 2.05) is 24.3 Å². The third kappa shape index (κ3) is 4.76. The quantitative estimate of drug-likeness (QED) is 0.412. The van der Waals surface area contributed by atoms with E-state index < -0.39 is 22.6 Å². The summed E-state index contributed by atoms with van der Waals surface area (Å²) in [5.41, 5.74) is 4.11. The van der Waals surface area contributed by atoms with Crippen LogP contribution in [0.5, 0.6) is 11.5 Å². The largest absolute Gasteiger partial charge is 0.496 e. The van der Waals surface area contributed by atoms with E-state index in [2.05, 4.69) is 21.4 Å². The fraction of sp³-hybridized carbons (Fsp3) is 0.345. The zero-order valence-corrected chi connectivity index (χ0v) is 23.5. The first-order valence-corrected chi connectivity index (χ1v) is 14.7. The third-order valence-corrected chi connectivity index (χ3v) is 9.83. The highest BCUT2D eigenvalue weighted by molar-refractivity contribution is 7.92. The van der Waals surface area contributed by atoms with Crippen molar-refractivity contribution in [1.82, 2.24) is 0 Å². The lowest BCUT2D eigenvalue weighted by molar-refractivity contribution is -0.139. The van der Waals surface area contributed by atoms with Gasteiger partial charge >= 0.3 is 5.97 Å². The van der Waals surface area contributed by atoms with Crippen molar-refractivity contribution in [1.29, 1.82) is 0 Å². The van der Waals surface area contributed by atoms with E-state index >= 15 is 0 Å². The van der Waals surface area contributed by atoms with Crippen molar-refractivity contribution in [2.24, 2.45) is 0 Å². The number of ether oxygens (including phenoxy) is 2. The minimum atomic E-state index is -3.86. The molecule has 5 rings (SSSR count). The molecule has 0 radical (unpaired) electrons. The van der Waals surface area contributed by atoms with Crippen LogP contribution in [0.15, 0.2) is 59.5 Å². The summed E-state index contributed by atoms with van der Waals surface area (Å²) in [5.74, 6) is 0.0396. The van der Waals surface area contributed by atoms with E-state index in [9.17, 15) is 13.2 Å². The number of aliphatic carboxylic acids is 1. The monoisotopic (exact) mass is 553 g/mol. The Bertz CT molecular complexity index is 1500. The lowest BCUT2D eigenvalue weighted by atomic mass is 9.70. The molecule has 3 aromatic rings. The van der Waals surface area contributed by atoms with Gasteiger partial charge in [0.05, 0.1) is 17.7 Å². The van der Waals surface area contributed by atoms with Crippen molar-refractivity contribution in [2.75, 3.05) is 24.6 Å². The number of hydrogen-bond acceptors (Lipinski definition) is 5. The Balaban J connectivity index is 1.58. The molecule has 2 aliphatic rings. The van der Waals surface area contributed by atoms with Gasteiger partial charge in [0.25, 0.3) is 10.0 Å². The number of rotatable bonds is 7. The number of fused-ring (bicyclic) bond motifs is 2. The molecule has 1 N–H and O–H groups in total. The molecule has 7 nitrogen and oxygen atoms in total. The second-order valence-corrected chi connectivity index (χ2v) is 12.7. The fourth-order valence-electron chi connectivity index (χ4n) is 5.82. The van der Waals surface area contributed by atoms with Crippen LogP contribution in [0.4, 0.5) is 5.69 Å². The first kappa shape index (κ1) is 26.5. The number of carboxylic acid groups (broad SMARTS) is 1. The number of benzene rings is 3. The SMILES string of the molecule is COc1ccc(P)cc1-c1ccc2c(c1)C1(CCCCC1)CN2S(=O)(=O)c1ccc(OCC(=O)O)c(C)c1. The van der Waals surface area contributed by atoms with Gasteiger partial charge in [0.2, 0.25) is 0 Å². The maximum atomic E-state index is 14.0. The molecule has 1 aliphatic heterocycles. The van der Waals surface area contributed by atoms with Crippen LogP contribution < -0.4 is 19.1 Å². The average Bonchev–Trinajstić information content (AvgIpc) is 3.21. The summed E-state index contributed by atoms with van der Waals surface area (Å²) in [5, 5.41) is 9.95. The summed E-state index contributed by atoms with van der Waals surface area (Å²) in [6.45, 7) is 1.64. The van der Waals surface area contributed by atoms with Gasteiger partial charge in [0.15, 0.2) is 6.61 Å². The molecule has 0 amide bonds. The number of anilines is 1. The molecule has 1 heterocycles. The zero-order chi connectivity index (χ0) is 27.1. The predicted molar refractivity (Wildman–Crippen MR) is 151 cm³/mol. The summed E-state index contributed by atoms with van der Waals surface area (Å²) >= 11 is 0. The molecule has 1 aliphatic carbocycles. The zero-order valence-electron chi connectivity index (χ0n) is 21.6. The van der Waals surface area contributed by atoms with Crippen LogP contribution in [0, 0.1) is 6.92 Å². The number of methoxy groups -OCH3 is 1. The van der Waals surface area contributed by atoms with Gasteiger partial charge in [-0.15, -0.1) is 9.24 Å². The fourth-order valence-corrected chi connectivity index (χ4v) is 7.74. The molecule has 1 spiro atoms. The maximum Gasteiger partial charge on any atom is 0.341 e. The summed E-state index contributed by atoms with van der Waals surface area (Å²) in [4.78, 5) is 11.0. The second kappa shape index (κ2) is 10.2. The van der Waals surface area contributed by atoms with Crippen molar-refractivity contribution in [2.45, 2.75) is 49.3 Å². The smallest absolute Gasteiger partial charge is 0.341 e. The van der Waals surface area contributed by atoms with E-state index in [-0.39, 0.29) is 10.3 Å². The molecule has 0 aromatic heterocycles. The standard InChI is InChI=1S/C29H32NO6PS/c1-19-14-22(8-11-26(19)36-17-28(31)32)38(33,34)30-18-29(12-4-3-5-13-29)24-15-20(6-9-25(24)30)23-16-21(37)7-10-27(23)35-2/h6-11,14-16H,3-5,12-13,17-18,37H2,1-2H3,(H,31,32). The van der Waals surface area contributed by atoms with Gasteiger partial charge < -0.3 is 14.6 Å². The van der Waals surface area contributed by atoms with Crippen LogP contribution in [0.1, 0.15) is 43.2 Å². The highest BCUT2D eigenvalue weighted by atomic mass is 32.2. The van der Waals surface area contributed by atoms with E-state index in [1.165, 1.54) is 12.1 Å². The Hall–Kier alpha value is -3.09. The van der Waals surface area contributed by atoms with Crippen LogP contribution >= 0.6 is 9.24 Å². The number of hydrogen-bond donors (Lipinski definition) is 1. The molecule has 1 saturated carbocycles. The molecule has 38 heavy (non-hydrogen) atoms. The first-order valence-electron chi connectivity index (χ1n) is 12.7. The van der Waals surface area contributed by atoms with Gasteiger partial charge in [-0.05, 0) is 84.2 Å². The molecule has 0 saturated heterocycles. The normalized spacial score (nSPS) is 16.3. The van der Waals surface area contributed by atoms with E-state index in [1.54, 1.807) is 24.4 Å². The van der Waals surface area contributed by atoms with Crippen LogP contribution in [-0.4, -0.2) is 39.8 Å². The highest BCUT2D eigenvalue weighted by Crippen LogP contribution is 2.52. The molecule has 0 bridgehead atoms. The predicted octanol–water partition coefficient (Wildman–Crippen LogP) is 5.05. The Morgan fingerprint density at radius 2 is 1.76 bits per heavy atom. The van der Waals surface area contributed by atoms with Gasteiger partial charge in [-0.25, -0.2) is 13.2 Å². The van der Waals surface area contributed by atoms with E-state index in [4.69, 9.17) is 14.6 Å². The number of sulfonamides is 1. The lowest BCUT2D eigenvalue weighted by Gasteiger charge is -2.34. The summed E-state index contributed by atoms with van der Waals surface area (Å²) in [6, 6.07) is 16.6.